The maximum absolute atomic E-state index is 12.3. The SMILES string of the molecule is Cc1ccc(C(=O)N=C2CCC(NC(=O)c3ccc(C)cc3)CC2)cc1. The van der Waals surface area contributed by atoms with Crippen molar-refractivity contribution in [2.75, 3.05) is 0 Å². The Morgan fingerprint density at radius 2 is 1.35 bits per heavy atom. The van der Waals surface area contributed by atoms with Gasteiger partial charge in [0.1, 0.15) is 0 Å². The molecule has 2 aromatic carbocycles. The van der Waals surface area contributed by atoms with Crippen LogP contribution in [0.4, 0.5) is 0 Å². The summed E-state index contributed by atoms with van der Waals surface area (Å²) in [4.78, 5) is 28.8. The highest BCUT2D eigenvalue weighted by Gasteiger charge is 2.20. The zero-order chi connectivity index (χ0) is 18.5. The number of benzene rings is 2. The summed E-state index contributed by atoms with van der Waals surface area (Å²) in [6, 6.07) is 15.2. The van der Waals surface area contributed by atoms with Crippen molar-refractivity contribution in [2.24, 2.45) is 4.99 Å². The van der Waals surface area contributed by atoms with E-state index in [-0.39, 0.29) is 17.9 Å². The minimum absolute atomic E-state index is 0.0360. The zero-order valence-corrected chi connectivity index (χ0v) is 15.3. The monoisotopic (exact) mass is 348 g/mol. The van der Waals surface area contributed by atoms with E-state index < -0.39 is 0 Å². The third-order valence-corrected chi connectivity index (χ3v) is 4.77. The highest BCUT2D eigenvalue weighted by Crippen LogP contribution is 2.18. The van der Waals surface area contributed by atoms with Crippen LogP contribution in [0.15, 0.2) is 53.5 Å². The summed E-state index contributed by atoms with van der Waals surface area (Å²) in [5, 5.41) is 3.09. The number of aliphatic imine (C=N–C) groups is 1. The molecule has 0 saturated heterocycles. The maximum atomic E-state index is 12.3. The van der Waals surface area contributed by atoms with Crippen LogP contribution in [0.5, 0.6) is 0 Å². The van der Waals surface area contributed by atoms with E-state index in [1.165, 1.54) is 0 Å². The molecule has 1 aliphatic rings. The molecule has 0 atom stereocenters. The van der Waals surface area contributed by atoms with Crippen LogP contribution in [-0.2, 0) is 0 Å². The second-order valence-electron chi connectivity index (χ2n) is 6.96. The first-order chi connectivity index (χ1) is 12.5. The van der Waals surface area contributed by atoms with Crippen LogP contribution in [0.25, 0.3) is 0 Å². The molecule has 0 aliphatic heterocycles. The summed E-state index contributed by atoms with van der Waals surface area (Å²) in [5.41, 5.74) is 4.50. The lowest BCUT2D eigenvalue weighted by Crippen LogP contribution is -2.37. The Morgan fingerprint density at radius 3 is 1.88 bits per heavy atom. The molecule has 134 valence electrons. The summed E-state index contributed by atoms with van der Waals surface area (Å²) >= 11 is 0. The number of hydrogen-bond donors (Lipinski definition) is 1. The predicted molar refractivity (Wildman–Crippen MR) is 104 cm³/mol. The predicted octanol–water partition coefficient (Wildman–Crippen LogP) is 4.26. The minimum Gasteiger partial charge on any atom is -0.349 e. The molecule has 0 heterocycles. The number of nitrogens with one attached hydrogen (secondary N) is 1. The van der Waals surface area contributed by atoms with E-state index in [1.54, 1.807) is 0 Å². The van der Waals surface area contributed by atoms with E-state index in [4.69, 9.17) is 0 Å². The number of carbonyl (C=O) groups excluding carboxylic acids is 2. The smallest absolute Gasteiger partial charge is 0.276 e. The fourth-order valence-corrected chi connectivity index (χ4v) is 3.09. The normalized spacial score (nSPS) is 16.8. The Bertz CT molecular complexity index is 810. The van der Waals surface area contributed by atoms with Crippen molar-refractivity contribution in [1.82, 2.24) is 5.32 Å². The Kier molecular flexibility index (Phi) is 5.61. The van der Waals surface area contributed by atoms with Crippen LogP contribution in [0.1, 0.15) is 57.5 Å². The van der Waals surface area contributed by atoms with Crippen LogP contribution in [0, 0.1) is 13.8 Å². The highest BCUT2D eigenvalue weighted by atomic mass is 16.2. The van der Waals surface area contributed by atoms with E-state index in [2.05, 4.69) is 10.3 Å². The van der Waals surface area contributed by atoms with Gasteiger partial charge in [-0.3, -0.25) is 9.59 Å². The lowest BCUT2D eigenvalue weighted by atomic mass is 9.93. The van der Waals surface area contributed by atoms with E-state index >= 15 is 0 Å². The van der Waals surface area contributed by atoms with Crippen molar-refractivity contribution >= 4 is 17.5 Å². The average molecular weight is 348 g/mol. The van der Waals surface area contributed by atoms with E-state index in [1.807, 2.05) is 62.4 Å². The van der Waals surface area contributed by atoms with Gasteiger partial charge in [0.15, 0.2) is 0 Å². The average Bonchev–Trinajstić information content (AvgIpc) is 2.64. The Labute approximate surface area is 154 Å². The molecule has 2 amide bonds. The van der Waals surface area contributed by atoms with Crippen LogP contribution >= 0.6 is 0 Å². The first-order valence-corrected chi connectivity index (χ1v) is 9.06. The number of nitrogens with zero attached hydrogens (tertiary/aromatic N) is 1. The van der Waals surface area contributed by atoms with Crippen molar-refractivity contribution in [3.8, 4) is 0 Å². The van der Waals surface area contributed by atoms with Crippen LogP contribution in [0.3, 0.4) is 0 Å². The van der Waals surface area contributed by atoms with Crippen LogP contribution in [0.2, 0.25) is 0 Å². The van der Waals surface area contributed by atoms with Gasteiger partial charge in [0.25, 0.3) is 11.8 Å². The van der Waals surface area contributed by atoms with Crippen molar-refractivity contribution in [3.63, 3.8) is 0 Å². The van der Waals surface area contributed by atoms with Crippen molar-refractivity contribution < 1.29 is 9.59 Å². The van der Waals surface area contributed by atoms with E-state index in [0.29, 0.717) is 11.1 Å². The lowest BCUT2D eigenvalue weighted by Gasteiger charge is -2.24. The fraction of sp³-hybridized carbons (Fsp3) is 0.318. The summed E-state index contributed by atoms with van der Waals surface area (Å²) in [6.07, 6.45) is 3.13. The van der Waals surface area contributed by atoms with Gasteiger partial charge in [0.2, 0.25) is 0 Å². The second kappa shape index (κ2) is 8.09. The Morgan fingerprint density at radius 1 is 0.846 bits per heavy atom. The lowest BCUT2D eigenvalue weighted by molar-refractivity contribution is 0.0930. The van der Waals surface area contributed by atoms with Gasteiger partial charge >= 0.3 is 0 Å². The second-order valence-corrected chi connectivity index (χ2v) is 6.96. The number of hydrogen-bond acceptors (Lipinski definition) is 2. The number of carbonyl (C=O) groups is 2. The number of rotatable bonds is 3. The topological polar surface area (TPSA) is 58.5 Å². The molecule has 26 heavy (non-hydrogen) atoms. The van der Waals surface area contributed by atoms with Gasteiger partial charge in [-0.15, -0.1) is 0 Å². The van der Waals surface area contributed by atoms with Gasteiger partial charge in [-0.1, -0.05) is 35.4 Å². The molecule has 0 radical (unpaired) electrons. The Balaban J connectivity index is 1.53. The molecular formula is C22H24N2O2. The third kappa shape index (κ3) is 4.66. The molecule has 0 bridgehead atoms. The Hall–Kier alpha value is -2.75. The molecule has 3 rings (SSSR count). The highest BCUT2D eigenvalue weighted by molar-refractivity contribution is 6.04. The first-order valence-electron chi connectivity index (χ1n) is 9.06. The first kappa shape index (κ1) is 18.1. The molecule has 0 unspecified atom stereocenters. The molecule has 1 fully saturated rings. The van der Waals surface area contributed by atoms with Gasteiger partial charge in [0.05, 0.1) is 0 Å². The molecular weight excluding hydrogens is 324 g/mol. The third-order valence-electron chi connectivity index (χ3n) is 4.77. The fourth-order valence-electron chi connectivity index (χ4n) is 3.09. The molecule has 1 aliphatic carbocycles. The largest absolute Gasteiger partial charge is 0.349 e. The summed E-state index contributed by atoms with van der Waals surface area (Å²) in [6.45, 7) is 3.99. The van der Waals surface area contributed by atoms with Gasteiger partial charge in [-0.25, -0.2) is 4.99 Å². The van der Waals surface area contributed by atoms with Gasteiger partial charge in [-0.05, 0) is 63.8 Å². The minimum atomic E-state index is -0.179. The summed E-state index contributed by atoms with van der Waals surface area (Å²) in [5.74, 6) is -0.215. The van der Waals surface area contributed by atoms with Crippen LogP contribution < -0.4 is 5.32 Å². The van der Waals surface area contributed by atoms with Crippen molar-refractivity contribution in [2.45, 2.75) is 45.6 Å². The molecule has 0 aromatic heterocycles. The van der Waals surface area contributed by atoms with Crippen molar-refractivity contribution in [3.05, 3.63) is 70.8 Å². The summed E-state index contributed by atoms with van der Waals surface area (Å²) in [7, 11) is 0. The zero-order valence-electron chi connectivity index (χ0n) is 15.3. The van der Waals surface area contributed by atoms with Crippen molar-refractivity contribution in [1.29, 1.82) is 0 Å². The maximum Gasteiger partial charge on any atom is 0.276 e. The molecule has 1 N–H and O–H groups in total. The van der Waals surface area contributed by atoms with Gasteiger partial charge in [-0.2, -0.15) is 0 Å². The van der Waals surface area contributed by atoms with E-state index in [0.717, 1.165) is 42.5 Å². The summed E-state index contributed by atoms with van der Waals surface area (Å²) < 4.78 is 0. The quantitative estimate of drug-likeness (QED) is 0.901. The number of amides is 2. The molecule has 4 heteroatoms. The number of aryl methyl sites for hydroxylation is 2. The van der Waals surface area contributed by atoms with Gasteiger partial charge in [0, 0.05) is 22.9 Å². The molecule has 0 spiro atoms. The molecule has 2 aromatic rings. The van der Waals surface area contributed by atoms with Gasteiger partial charge < -0.3 is 5.32 Å². The van der Waals surface area contributed by atoms with E-state index in [9.17, 15) is 9.59 Å². The molecule has 4 nitrogen and oxygen atoms in total. The molecule has 1 saturated carbocycles. The van der Waals surface area contributed by atoms with Crippen LogP contribution in [-0.4, -0.2) is 23.6 Å². The standard InChI is InChI=1S/C22H24N2O2/c1-15-3-7-17(8-4-15)21(25)23-19-11-13-20(14-12-19)24-22(26)18-9-5-16(2)6-10-18/h3-10,19H,11-14H2,1-2H3,(H,23,25).